The Morgan fingerprint density at radius 2 is 1.86 bits per heavy atom. The quantitative estimate of drug-likeness (QED) is 0.700. The molecule has 2 aliphatic carbocycles. The summed E-state index contributed by atoms with van der Waals surface area (Å²) in [6.07, 6.45) is 16.4. The Kier molecular flexibility index (Phi) is 4.60. The van der Waals surface area contributed by atoms with Gasteiger partial charge in [0.1, 0.15) is 0 Å². The van der Waals surface area contributed by atoms with Crippen LogP contribution >= 0.6 is 0 Å². The molecule has 1 aliphatic heterocycles. The third kappa shape index (κ3) is 3.29. The summed E-state index contributed by atoms with van der Waals surface area (Å²) in [7, 11) is 0. The molecule has 0 bridgehead atoms. The van der Waals surface area contributed by atoms with Gasteiger partial charge in [0, 0.05) is 0 Å². The summed E-state index contributed by atoms with van der Waals surface area (Å²) >= 11 is 0. The smallest absolute Gasteiger partial charge is 0.0690 e. The van der Waals surface area contributed by atoms with E-state index in [0.29, 0.717) is 6.10 Å². The minimum Gasteiger partial charge on any atom is -0.372 e. The molecule has 0 N–H and O–H groups in total. The van der Waals surface area contributed by atoms with E-state index < -0.39 is 0 Å². The van der Waals surface area contributed by atoms with E-state index in [2.05, 4.69) is 13.0 Å². The molecule has 1 heterocycles. The molecule has 3 unspecified atom stereocenters. The SMILES string of the molecule is CCC1CCCC(C#N)(CC2CCC3(CCCCC3)O2)C1. The van der Waals surface area contributed by atoms with Gasteiger partial charge in [0.25, 0.3) is 0 Å². The van der Waals surface area contributed by atoms with Gasteiger partial charge in [0.15, 0.2) is 0 Å². The van der Waals surface area contributed by atoms with Crippen LogP contribution in [0, 0.1) is 22.7 Å². The topological polar surface area (TPSA) is 33.0 Å². The van der Waals surface area contributed by atoms with Gasteiger partial charge in [-0.25, -0.2) is 0 Å². The van der Waals surface area contributed by atoms with Crippen molar-refractivity contribution in [2.45, 2.75) is 102 Å². The first-order valence-corrected chi connectivity index (χ1v) is 9.28. The number of hydrogen-bond acceptors (Lipinski definition) is 2. The number of ether oxygens (including phenoxy) is 1. The molecule has 0 amide bonds. The van der Waals surface area contributed by atoms with Crippen molar-refractivity contribution in [3.8, 4) is 6.07 Å². The number of nitrogens with zero attached hydrogens (tertiary/aromatic N) is 1. The normalized spacial score (nSPS) is 39.2. The minimum atomic E-state index is -0.0796. The van der Waals surface area contributed by atoms with Crippen LogP contribution in [-0.4, -0.2) is 11.7 Å². The van der Waals surface area contributed by atoms with Crippen LogP contribution in [0.25, 0.3) is 0 Å². The Balaban J connectivity index is 1.61. The summed E-state index contributed by atoms with van der Waals surface area (Å²) in [5.41, 5.74) is 0.127. The van der Waals surface area contributed by atoms with Gasteiger partial charge in [-0.2, -0.15) is 5.26 Å². The summed E-state index contributed by atoms with van der Waals surface area (Å²) < 4.78 is 6.54. The molecule has 3 aliphatic rings. The fourth-order valence-corrected chi connectivity index (χ4v) is 5.21. The maximum Gasteiger partial charge on any atom is 0.0690 e. The Hall–Kier alpha value is -0.550. The molecule has 2 saturated carbocycles. The van der Waals surface area contributed by atoms with E-state index in [0.717, 1.165) is 25.2 Å². The third-order valence-electron chi connectivity index (χ3n) is 6.48. The molecule has 1 saturated heterocycles. The molecule has 118 valence electrons. The van der Waals surface area contributed by atoms with Gasteiger partial charge >= 0.3 is 0 Å². The average molecular weight is 289 g/mol. The second-order valence-corrected chi connectivity index (χ2v) is 7.99. The number of rotatable bonds is 3. The summed E-state index contributed by atoms with van der Waals surface area (Å²) in [5, 5.41) is 9.81. The predicted molar refractivity (Wildman–Crippen MR) is 84.8 cm³/mol. The number of hydrogen-bond donors (Lipinski definition) is 0. The van der Waals surface area contributed by atoms with Gasteiger partial charge in [0.2, 0.25) is 0 Å². The molecule has 0 radical (unpaired) electrons. The minimum absolute atomic E-state index is 0.0796. The van der Waals surface area contributed by atoms with Gasteiger partial charge < -0.3 is 4.74 Å². The first-order valence-electron chi connectivity index (χ1n) is 9.28. The van der Waals surface area contributed by atoms with Crippen LogP contribution in [-0.2, 0) is 4.74 Å². The lowest BCUT2D eigenvalue weighted by Gasteiger charge is -2.38. The molecule has 3 rings (SSSR count). The van der Waals surface area contributed by atoms with E-state index in [-0.39, 0.29) is 11.0 Å². The Bertz CT molecular complexity index is 393. The van der Waals surface area contributed by atoms with Crippen molar-refractivity contribution < 1.29 is 4.74 Å². The molecule has 2 heteroatoms. The Morgan fingerprint density at radius 1 is 1.05 bits per heavy atom. The van der Waals surface area contributed by atoms with Crippen molar-refractivity contribution in [1.29, 1.82) is 5.26 Å². The van der Waals surface area contributed by atoms with Gasteiger partial charge in [-0.3, -0.25) is 0 Å². The van der Waals surface area contributed by atoms with Gasteiger partial charge in [0.05, 0.1) is 23.2 Å². The molecule has 0 aromatic heterocycles. The lowest BCUT2D eigenvalue weighted by molar-refractivity contribution is -0.0766. The summed E-state index contributed by atoms with van der Waals surface area (Å²) in [6, 6.07) is 2.72. The second-order valence-electron chi connectivity index (χ2n) is 7.99. The monoisotopic (exact) mass is 289 g/mol. The highest BCUT2D eigenvalue weighted by Crippen LogP contribution is 2.48. The largest absolute Gasteiger partial charge is 0.372 e. The lowest BCUT2D eigenvalue weighted by atomic mass is 9.67. The van der Waals surface area contributed by atoms with Crippen LogP contribution in [0.5, 0.6) is 0 Å². The second kappa shape index (κ2) is 6.29. The maximum atomic E-state index is 9.81. The molecule has 0 aromatic rings. The Morgan fingerprint density at radius 3 is 2.57 bits per heavy atom. The average Bonchev–Trinajstić information content (AvgIpc) is 2.90. The predicted octanol–water partition coefficient (Wildman–Crippen LogP) is 5.37. The fourth-order valence-electron chi connectivity index (χ4n) is 5.21. The van der Waals surface area contributed by atoms with Crippen molar-refractivity contribution >= 4 is 0 Å². The maximum absolute atomic E-state index is 9.81. The van der Waals surface area contributed by atoms with E-state index >= 15 is 0 Å². The van der Waals surface area contributed by atoms with E-state index in [1.54, 1.807) is 0 Å². The molecule has 1 spiro atoms. The first kappa shape index (κ1) is 15.3. The van der Waals surface area contributed by atoms with Crippen LogP contribution in [0.2, 0.25) is 0 Å². The van der Waals surface area contributed by atoms with Crippen molar-refractivity contribution in [2.24, 2.45) is 11.3 Å². The van der Waals surface area contributed by atoms with Crippen molar-refractivity contribution in [2.75, 3.05) is 0 Å². The van der Waals surface area contributed by atoms with E-state index in [9.17, 15) is 5.26 Å². The van der Waals surface area contributed by atoms with Crippen LogP contribution in [0.3, 0.4) is 0 Å². The van der Waals surface area contributed by atoms with Crippen LogP contribution in [0.4, 0.5) is 0 Å². The highest BCUT2D eigenvalue weighted by atomic mass is 16.5. The first-order chi connectivity index (χ1) is 10.2. The molecule has 3 fully saturated rings. The fraction of sp³-hybridized carbons (Fsp3) is 0.947. The van der Waals surface area contributed by atoms with E-state index in [4.69, 9.17) is 4.74 Å². The Labute approximate surface area is 130 Å². The standard InChI is InChI=1S/C19H31NO/c1-2-16-7-6-9-18(13-16,15-20)14-17-8-12-19(21-17)10-4-3-5-11-19/h16-17H,2-14H2,1H3. The lowest BCUT2D eigenvalue weighted by Crippen LogP contribution is -2.35. The third-order valence-corrected chi connectivity index (χ3v) is 6.48. The molecule has 0 aromatic carbocycles. The van der Waals surface area contributed by atoms with Crippen molar-refractivity contribution in [1.82, 2.24) is 0 Å². The molecular formula is C19H31NO. The summed E-state index contributed by atoms with van der Waals surface area (Å²) in [4.78, 5) is 0. The van der Waals surface area contributed by atoms with Crippen LogP contribution in [0.15, 0.2) is 0 Å². The van der Waals surface area contributed by atoms with Crippen molar-refractivity contribution in [3.63, 3.8) is 0 Å². The zero-order valence-electron chi connectivity index (χ0n) is 13.7. The zero-order valence-corrected chi connectivity index (χ0v) is 13.7. The summed E-state index contributed by atoms with van der Waals surface area (Å²) in [5.74, 6) is 0.767. The highest BCUT2D eigenvalue weighted by molar-refractivity contribution is 5.05. The van der Waals surface area contributed by atoms with Gasteiger partial charge in [-0.05, 0) is 50.9 Å². The van der Waals surface area contributed by atoms with Crippen LogP contribution < -0.4 is 0 Å². The van der Waals surface area contributed by atoms with Gasteiger partial charge in [-0.15, -0.1) is 0 Å². The highest BCUT2D eigenvalue weighted by Gasteiger charge is 2.45. The summed E-state index contributed by atoms with van der Waals surface area (Å²) in [6.45, 7) is 2.28. The van der Waals surface area contributed by atoms with E-state index in [1.807, 2.05) is 0 Å². The van der Waals surface area contributed by atoms with Crippen molar-refractivity contribution in [3.05, 3.63) is 0 Å². The zero-order chi connectivity index (χ0) is 14.8. The van der Waals surface area contributed by atoms with E-state index in [1.165, 1.54) is 64.2 Å². The molecular weight excluding hydrogens is 258 g/mol. The molecule has 2 nitrogen and oxygen atoms in total. The van der Waals surface area contributed by atoms with Crippen LogP contribution in [0.1, 0.15) is 90.4 Å². The number of nitriles is 1. The molecule has 21 heavy (non-hydrogen) atoms. The molecule has 3 atom stereocenters. The van der Waals surface area contributed by atoms with Gasteiger partial charge in [-0.1, -0.05) is 45.4 Å².